The lowest BCUT2D eigenvalue weighted by atomic mass is 10.00. The SMILES string of the molecule is CCC1OCCC1CNC(=O)c1nc(Cl)ccc1Cl. The summed E-state index contributed by atoms with van der Waals surface area (Å²) in [4.78, 5) is 16.0. The van der Waals surface area contributed by atoms with Gasteiger partial charge in [-0.2, -0.15) is 0 Å². The van der Waals surface area contributed by atoms with Gasteiger partial charge in [0, 0.05) is 19.1 Å². The molecule has 1 fully saturated rings. The number of carbonyl (C=O) groups is 1. The Balaban J connectivity index is 1.96. The molecule has 2 atom stereocenters. The minimum absolute atomic E-state index is 0.168. The number of rotatable bonds is 4. The van der Waals surface area contributed by atoms with Gasteiger partial charge in [-0.25, -0.2) is 4.98 Å². The van der Waals surface area contributed by atoms with Crippen molar-refractivity contribution in [1.29, 1.82) is 0 Å². The second-order valence-corrected chi connectivity index (χ2v) is 5.34. The third-order valence-corrected chi connectivity index (χ3v) is 3.82. The lowest BCUT2D eigenvalue weighted by Crippen LogP contribution is -2.33. The van der Waals surface area contributed by atoms with Crippen molar-refractivity contribution in [3.05, 3.63) is 28.0 Å². The average Bonchev–Trinajstić information content (AvgIpc) is 2.86. The van der Waals surface area contributed by atoms with Gasteiger partial charge >= 0.3 is 0 Å². The average molecular weight is 303 g/mol. The number of hydrogen-bond donors (Lipinski definition) is 1. The fraction of sp³-hybridized carbons (Fsp3) is 0.538. The first-order valence-corrected chi connectivity index (χ1v) is 7.09. The molecule has 1 aliphatic heterocycles. The summed E-state index contributed by atoms with van der Waals surface area (Å²) in [7, 11) is 0. The second-order valence-electron chi connectivity index (χ2n) is 4.54. The van der Waals surface area contributed by atoms with Gasteiger partial charge in [-0.3, -0.25) is 4.79 Å². The molecule has 1 aromatic heterocycles. The maximum absolute atomic E-state index is 12.0. The fourth-order valence-electron chi connectivity index (χ4n) is 2.26. The highest BCUT2D eigenvalue weighted by atomic mass is 35.5. The first-order valence-electron chi connectivity index (χ1n) is 6.33. The van der Waals surface area contributed by atoms with Gasteiger partial charge in [0.15, 0.2) is 0 Å². The number of nitrogens with one attached hydrogen (secondary N) is 1. The number of amides is 1. The van der Waals surface area contributed by atoms with E-state index in [1.165, 1.54) is 0 Å². The maximum Gasteiger partial charge on any atom is 0.271 e. The van der Waals surface area contributed by atoms with Crippen LogP contribution in [0.4, 0.5) is 0 Å². The number of halogens is 2. The predicted molar refractivity (Wildman–Crippen MR) is 74.7 cm³/mol. The molecule has 1 amide bonds. The number of carbonyl (C=O) groups excluding carboxylic acids is 1. The van der Waals surface area contributed by atoms with E-state index in [-0.39, 0.29) is 22.9 Å². The van der Waals surface area contributed by atoms with Crippen molar-refractivity contribution in [1.82, 2.24) is 10.3 Å². The molecule has 104 valence electrons. The minimum atomic E-state index is -0.297. The van der Waals surface area contributed by atoms with Gasteiger partial charge in [0.1, 0.15) is 10.8 Å². The van der Waals surface area contributed by atoms with Crippen LogP contribution < -0.4 is 5.32 Å². The molecule has 0 aromatic carbocycles. The quantitative estimate of drug-likeness (QED) is 0.870. The Labute approximate surface area is 122 Å². The van der Waals surface area contributed by atoms with E-state index >= 15 is 0 Å². The van der Waals surface area contributed by atoms with Crippen LogP contribution in [0.25, 0.3) is 0 Å². The molecule has 4 nitrogen and oxygen atoms in total. The van der Waals surface area contributed by atoms with Crippen molar-refractivity contribution in [2.24, 2.45) is 5.92 Å². The van der Waals surface area contributed by atoms with E-state index in [1.54, 1.807) is 12.1 Å². The molecule has 2 rings (SSSR count). The van der Waals surface area contributed by atoms with E-state index in [4.69, 9.17) is 27.9 Å². The van der Waals surface area contributed by atoms with Gasteiger partial charge < -0.3 is 10.1 Å². The Morgan fingerprint density at radius 1 is 1.53 bits per heavy atom. The zero-order chi connectivity index (χ0) is 13.8. The molecule has 0 aliphatic carbocycles. The van der Waals surface area contributed by atoms with Gasteiger partial charge in [-0.15, -0.1) is 0 Å². The van der Waals surface area contributed by atoms with Crippen molar-refractivity contribution in [3.63, 3.8) is 0 Å². The Morgan fingerprint density at radius 3 is 3.05 bits per heavy atom. The van der Waals surface area contributed by atoms with Gasteiger partial charge in [0.05, 0.1) is 11.1 Å². The molecule has 0 saturated carbocycles. The van der Waals surface area contributed by atoms with Crippen molar-refractivity contribution < 1.29 is 9.53 Å². The van der Waals surface area contributed by atoms with Crippen molar-refractivity contribution in [3.8, 4) is 0 Å². The Morgan fingerprint density at radius 2 is 2.32 bits per heavy atom. The van der Waals surface area contributed by atoms with Gasteiger partial charge in [-0.05, 0) is 25.0 Å². The summed E-state index contributed by atoms with van der Waals surface area (Å²) in [6, 6.07) is 3.12. The number of aromatic nitrogens is 1. The molecule has 2 unspecified atom stereocenters. The van der Waals surface area contributed by atoms with E-state index in [0.29, 0.717) is 17.5 Å². The number of ether oxygens (including phenoxy) is 1. The first kappa shape index (κ1) is 14.6. The van der Waals surface area contributed by atoms with Crippen LogP contribution in [-0.4, -0.2) is 30.1 Å². The van der Waals surface area contributed by atoms with Gasteiger partial charge in [0.25, 0.3) is 5.91 Å². The molecule has 1 aromatic rings. The molecule has 2 heterocycles. The lowest BCUT2D eigenvalue weighted by molar-refractivity contribution is 0.0825. The van der Waals surface area contributed by atoms with E-state index in [1.807, 2.05) is 0 Å². The molecule has 0 spiro atoms. The van der Waals surface area contributed by atoms with Crippen LogP contribution in [-0.2, 0) is 4.74 Å². The third-order valence-electron chi connectivity index (χ3n) is 3.30. The number of pyridine rings is 1. The summed E-state index contributed by atoms with van der Waals surface area (Å²) in [5.74, 6) is 0.0566. The van der Waals surface area contributed by atoms with Crippen LogP contribution in [0.2, 0.25) is 10.2 Å². The van der Waals surface area contributed by atoms with Gasteiger partial charge in [-0.1, -0.05) is 30.1 Å². The molecular formula is C13H16Cl2N2O2. The Hall–Kier alpha value is -0.840. The summed E-state index contributed by atoms with van der Waals surface area (Å²) in [6.07, 6.45) is 2.15. The fourth-order valence-corrected chi connectivity index (χ4v) is 2.60. The van der Waals surface area contributed by atoms with Gasteiger partial charge in [0.2, 0.25) is 0 Å². The molecule has 1 aliphatic rings. The minimum Gasteiger partial charge on any atom is -0.378 e. The lowest BCUT2D eigenvalue weighted by Gasteiger charge is -2.17. The molecule has 1 saturated heterocycles. The highest BCUT2D eigenvalue weighted by molar-refractivity contribution is 6.34. The second kappa shape index (κ2) is 6.55. The molecule has 0 radical (unpaired) electrons. The summed E-state index contributed by atoms with van der Waals surface area (Å²) in [5.41, 5.74) is 0.168. The van der Waals surface area contributed by atoms with E-state index in [9.17, 15) is 4.79 Å². The smallest absolute Gasteiger partial charge is 0.271 e. The third kappa shape index (κ3) is 3.59. The zero-order valence-electron chi connectivity index (χ0n) is 10.7. The van der Waals surface area contributed by atoms with Crippen LogP contribution in [0.1, 0.15) is 30.3 Å². The van der Waals surface area contributed by atoms with Crippen LogP contribution >= 0.6 is 23.2 Å². The first-order chi connectivity index (χ1) is 9.11. The molecular weight excluding hydrogens is 287 g/mol. The molecule has 19 heavy (non-hydrogen) atoms. The molecule has 0 bridgehead atoms. The normalized spacial score (nSPS) is 22.5. The topological polar surface area (TPSA) is 51.2 Å². The number of nitrogens with zero attached hydrogens (tertiary/aromatic N) is 1. The summed E-state index contributed by atoms with van der Waals surface area (Å²) in [5, 5.41) is 3.41. The predicted octanol–water partition coefficient (Wildman–Crippen LogP) is 2.93. The van der Waals surface area contributed by atoms with Crippen LogP contribution in [0.5, 0.6) is 0 Å². The van der Waals surface area contributed by atoms with Crippen molar-refractivity contribution in [2.45, 2.75) is 25.9 Å². The Kier molecular flexibility index (Phi) is 5.02. The molecule has 6 heteroatoms. The van der Waals surface area contributed by atoms with Crippen LogP contribution in [0.15, 0.2) is 12.1 Å². The maximum atomic E-state index is 12.0. The summed E-state index contributed by atoms with van der Waals surface area (Å²) >= 11 is 11.7. The highest BCUT2D eigenvalue weighted by Gasteiger charge is 2.27. The van der Waals surface area contributed by atoms with E-state index in [0.717, 1.165) is 19.4 Å². The van der Waals surface area contributed by atoms with E-state index < -0.39 is 0 Å². The molecule has 1 N–H and O–H groups in total. The summed E-state index contributed by atoms with van der Waals surface area (Å²) < 4.78 is 5.58. The van der Waals surface area contributed by atoms with Crippen LogP contribution in [0.3, 0.4) is 0 Å². The Bertz CT molecular complexity index is 468. The number of hydrogen-bond acceptors (Lipinski definition) is 3. The standard InChI is InChI=1S/C13H16Cl2N2O2/c1-2-10-8(5-6-19-10)7-16-13(18)12-9(14)3-4-11(15)17-12/h3-4,8,10H,2,5-7H2,1H3,(H,16,18). The van der Waals surface area contributed by atoms with E-state index in [2.05, 4.69) is 17.2 Å². The summed E-state index contributed by atoms with van der Waals surface area (Å²) in [6.45, 7) is 3.41. The van der Waals surface area contributed by atoms with Crippen molar-refractivity contribution >= 4 is 29.1 Å². The largest absolute Gasteiger partial charge is 0.378 e. The van der Waals surface area contributed by atoms with Crippen molar-refractivity contribution in [2.75, 3.05) is 13.2 Å². The highest BCUT2D eigenvalue weighted by Crippen LogP contribution is 2.23. The van der Waals surface area contributed by atoms with Crippen LogP contribution in [0, 0.1) is 5.92 Å². The monoisotopic (exact) mass is 302 g/mol. The zero-order valence-corrected chi connectivity index (χ0v) is 12.2.